The highest BCUT2D eigenvalue weighted by atomic mass is 16.3. The smallest absolute Gasteiger partial charge is 0.220 e. The van der Waals surface area contributed by atoms with Gasteiger partial charge in [-0.25, -0.2) is 0 Å². The molecule has 1 aromatic heterocycles. The van der Waals surface area contributed by atoms with Crippen molar-refractivity contribution in [2.75, 3.05) is 27.2 Å². The second-order valence-electron chi connectivity index (χ2n) is 6.85. The molecule has 140 valence electrons. The van der Waals surface area contributed by atoms with Crippen molar-refractivity contribution in [3.05, 3.63) is 35.6 Å². The second-order valence-corrected chi connectivity index (χ2v) is 6.85. The Labute approximate surface area is 154 Å². The number of benzene rings is 1. The lowest BCUT2D eigenvalue weighted by atomic mass is 9.93. The molecule has 0 bridgehead atoms. The van der Waals surface area contributed by atoms with Crippen LogP contribution in [0.3, 0.4) is 0 Å². The van der Waals surface area contributed by atoms with Crippen LogP contribution in [-0.4, -0.2) is 44.0 Å². The van der Waals surface area contributed by atoms with Crippen molar-refractivity contribution in [2.45, 2.75) is 32.7 Å². The van der Waals surface area contributed by atoms with Crippen molar-refractivity contribution < 1.29 is 9.21 Å². The number of carbonyl (C=O) groups excluding carboxylic acids is 1. The predicted octanol–water partition coefficient (Wildman–Crippen LogP) is 2.66. The van der Waals surface area contributed by atoms with Crippen molar-refractivity contribution in [3.63, 3.8) is 0 Å². The third-order valence-electron chi connectivity index (χ3n) is 5.23. The van der Waals surface area contributed by atoms with E-state index in [0.29, 0.717) is 18.9 Å². The summed E-state index contributed by atoms with van der Waals surface area (Å²) in [6, 6.07) is 8.11. The first-order chi connectivity index (χ1) is 12.6. The Balaban J connectivity index is 1.57. The summed E-state index contributed by atoms with van der Waals surface area (Å²) in [4.78, 5) is 18.2. The summed E-state index contributed by atoms with van der Waals surface area (Å²) in [6.07, 6.45) is 2.64. The third-order valence-corrected chi connectivity index (χ3v) is 5.23. The highest BCUT2D eigenvalue weighted by Crippen LogP contribution is 2.25. The molecule has 3 rings (SSSR count). The molecule has 2 heterocycles. The number of nitrogens with zero attached hydrogens (tertiary/aromatic N) is 2. The second kappa shape index (κ2) is 8.25. The number of piperidine rings is 1. The third kappa shape index (κ3) is 4.00. The summed E-state index contributed by atoms with van der Waals surface area (Å²) in [7, 11) is 3.51. The molecule has 0 radical (unpaired) electrons. The maximum Gasteiger partial charge on any atom is 0.220 e. The zero-order valence-electron chi connectivity index (χ0n) is 15.8. The number of furan rings is 1. The predicted molar refractivity (Wildman–Crippen MR) is 104 cm³/mol. The first-order valence-corrected chi connectivity index (χ1v) is 9.25. The number of fused-ring (bicyclic) bond motifs is 1. The highest BCUT2D eigenvalue weighted by Gasteiger charge is 2.23. The number of amides is 1. The number of carbonyl (C=O) groups is 1. The minimum Gasteiger partial charge on any atom is -0.459 e. The van der Waals surface area contributed by atoms with E-state index in [1.54, 1.807) is 7.05 Å². The number of guanidine groups is 1. The molecule has 6 heteroatoms. The van der Waals surface area contributed by atoms with Gasteiger partial charge in [-0.15, -0.1) is 0 Å². The number of nitrogens with one attached hydrogen (secondary N) is 2. The normalized spacial score (nSPS) is 16.1. The van der Waals surface area contributed by atoms with E-state index in [-0.39, 0.29) is 5.91 Å². The van der Waals surface area contributed by atoms with Gasteiger partial charge >= 0.3 is 0 Å². The monoisotopic (exact) mass is 356 g/mol. The quantitative estimate of drug-likeness (QED) is 0.653. The Kier molecular flexibility index (Phi) is 5.81. The Hall–Kier alpha value is -2.50. The van der Waals surface area contributed by atoms with E-state index >= 15 is 0 Å². The van der Waals surface area contributed by atoms with E-state index in [1.807, 2.05) is 25.2 Å². The number of hydrogen-bond donors (Lipinski definition) is 2. The van der Waals surface area contributed by atoms with Crippen LogP contribution in [0.15, 0.2) is 33.7 Å². The minimum atomic E-state index is 0.131. The van der Waals surface area contributed by atoms with Gasteiger partial charge in [0, 0.05) is 44.6 Å². The fraction of sp³-hybridized carbons (Fsp3) is 0.500. The minimum absolute atomic E-state index is 0.131. The van der Waals surface area contributed by atoms with Gasteiger partial charge in [-0.1, -0.05) is 18.2 Å². The average molecular weight is 356 g/mol. The Bertz CT molecular complexity index is 788. The number of aryl methyl sites for hydroxylation is 1. The molecule has 6 nitrogen and oxygen atoms in total. The van der Waals surface area contributed by atoms with Crippen molar-refractivity contribution in [2.24, 2.45) is 10.9 Å². The lowest BCUT2D eigenvalue weighted by molar-refractivity contribution is -0.121. The van der Waals surface area contributed by atoms with E-state index < -0.39 is 0 Å². The molecule has 0 saturated carbocycles. The van der Waals surface area contributed by atoms with Crippen LogP contribution in [0.1, 0.15) is 30.6 Å². The molecule has 1 aliphatic rings. The Morgan fingerprint density at radius 1 is 1.31 bits per heavy atom. The largest absolute Gasteiger partial charge is 0.459 e. The summed E-state index contributed by atoms with van der Waals surface area (Å²) in [5.74, 6) is 2.43. The maximum atomic E-state index is 11.5. The first kappa shape index (κ1) is 18.3. The molecule has 1 aliphatic heterocycles. The summed E-state index contributed by atoms with van der Waals surface area (Å²) < 4.78 is 5.97. The number of aliphatic imine (C=N–C) groups is 1. The van der Waals surface area contributed by atoms with Crippen LogP contribution in [0.5, 0.6) is 0 Å². The number of rotatable bonds is 4. The fourth-order valence-corrected chi connectivity index (χ4v) is 3.60. The van der Waals surface area contributed by atoms with E-state index in [0.717, 1.165) is 48.6 Å². The maximum absolute atomic E-state index is 11.5. The van der Waals surface area contributed by atoms with Gasteiger partial charge in [0.25, 0.3) is 0 Å². The van der Waals surface area contributed by atoms with E-state index in [9.17, 15) is 4.79 Å². The molecular weight excluding hydrogens is 328 g/mol. The van der Waals surface area contributed by atoms with Gasteiger partial charge in [-0.2, -0.15) is 0 Å². The van der Waals surface area contributed by atoms with Crippen LogP contribution < -0.4 is 10.6 Å². The van der Waals surface area contributed by atoms with Crippen molar-refractivity contribution in [1.29, 1.82) is 0 Å². The lowest BCUT2D eigenvalue weighted by Gasteiger charge is -2.34. The molecular formula is C20H28N4O2. The summed E-state index contributed by atoms with van der Waals surface area (Å²) in [6.45, 7) is 4.54. The van der Waals surface area contributed by atoms with E-state index in [2.05, 4.69) is 33.5 Å². The molecule has 2 aromatic rings. The van der Waals surface area contributed by atoms with Gasteiger partial charge in [0.05, 0.1) is 6.54 Å². The molecule has 1 fully saturated rings. The number of hydrogen-bond acceptors (Lipinski definition) is 3. The fourth-order valence-electron chi connectivity index (χ4n) is 3.60. The molecule has 0 spiro atoms. The van der Waals surface area contributed by atoms with Crippen LogP contribution in [0.25, 0.3) is 11.0 Å². The van der Waals surface area contributed by atoms with Gasteiger partial charge in [0.15, 0.2) is 5.96 Å². The topological polar surface area (TPSA) is 69.9 Å². The highest BCUT2D eigenvalue weighted by molar-refractivity contribution is 5.83. The molecule has 1 aromatic carbocycles. The van der Waals surface area contributed by atoms with Gasteiger partial charge in [-0.3, -0.25) is 9.79 Å². The standard InChI is InChI=1S/C20H28N4O2/c1-14-16-6-4-5-7-17(16)26-18(14)13-23-20(22-3)24-10-8-15(9-11-24)12-19(25)21-2/h4-7,15H,8-13H2,1-3H3,(H,21,25)(H,22,23). The van der Waals surface area contributed by atoms with Crippen molar-refractivity contribution in [3.8, 4) is 0 Å². The SMILES string of the molecule is CN=C(NCc1oc2ccccc2c1C)N1CCC(CC(=O)NC)CC1. The van der Waals surface area contributed by atoms with Crippen LogP contribution in [0, 0.1) is 12.8 Å². The number of para-hydroxylation sites is 1. The van der Waals surface area contributed by atoms with Gasteiger partial charge in [0.1, 0.15) is 11.3 Å². The van der Waals surface area contributed by atoms with Crippen LogP contribution in [0.4, 0.5) is 0 Å². The van der Waals surface area contributed by atoms with Crippen LogP contribution in [0.2, 0.25) is 0 Å². The summed E-state index contributed by atoms with van der Waals surface area (Å²) in [5.41, 5.74) is 2.10. The van der Waals surface area contributed by atoms with E-state index in [4.69, 9.17) is 4.42 Å². The van der Waals surface area contributed by atoms with Crippen LogP contribution >= 0.6 is 0 Å². The van der Waals surface area contributed by atoms with Crippen molar-refractivity contribution in [1.82, 2.24) is 15.5 Å². The van der Waals surface area contributed by atoms with Gasteiger partial charge in [0.2, 0.25) is 5.91 Å². The Morgan fingerprint density at radius 3 is 2.69 bits per heavy atom. The van der Waals surface area contributed by atoms with Gasteiger partial charge < -0.3 is 20.0 Å². The first-order valence-electron chi connectivity index (χ1n) is 9.25. The zero-order valence-corrected chi connectivity index (χ0v) is 15.8. The molecule has 26 heavy (non-hydrogen) atoms. The molecule has 0 unspecified atom stereocenters. The number of likely N-dealkylation sites (tertiary alicyclic amines) is 1. The molecule has 1 saturated heterocycles. The zero-order chi connectivity index (χ0) is 18.5. The Morgan fingerprint density at radius 2 is 2.04 bits per heavy atom. The van der Waals surface area contributed by atoms with E-state index in [1.165, 1.54) is 5.56 Å². The molecule has 0 atom stereocenters. The summed E-state index contributed by atoms with van der Waals surface area (Å²) >= 11 is 0. The average Bonchev–Trinajstić information content (AvgIpc) is 2.99. The van der Waals surface area contributed by atoms with Crippen molar-refractivity contribution >= 4 is 22.8 Å². The molecule has 1 amide bonds. The lowest BCUT2D eigenvalue weighted by Crippen LogP contribution is -2.45. The van der Waals surface area contributed by atoms with Crippen LogP contribution in [-0.2, 0) is 11.3 Å². The van der Waals surface area contributed by atoms with Gasteiger partial charge in [-0.05, 0) is 31.7 Å². The summed E-state index contributed by atoms with van der Waals surface area (Å²) in [5, 5.41) is 7.30. The molecule has 0 aliphatic carbocycles. The molecule has 2 N–H and O–H groups in total.